The van der Waals surface area contributed by atoms with Gasteiger partial charge in [0, 0.05) is 31.7 Å². The fourth-order valence-electron chi connectivity index (χ4n) is 4.29. The Morgan fingerprint density at radius 2 is 1.27 bits per heavy atom. The van der Waals surface area contributed by atoms with E-state index in [0.29, 0.717) is 5.56 Å². The summed E-state index contributed by atoms with van der Waals surface area (Å²) in [5.74, 6) is -2.17. The second kappa shape index (κ2) is 11.4. The Hall–Kier alpha value is -4.35. The van der Waals surface area contributed by atoms with Gasteiger partial charge in [0.2, 0.25) is 5.91 Å². The summed E-state index contributed by atoms with van der Waals surface area (Å²) in [5, 5.41) is 2.52. The first kappa shape index (κ1) is 28.7. The highest BCUT2D eigenvalue weighted by atomic mass is 19.4. The molecule has 1 heterocycles. The highest BCUT2D eigenvalue weighted by Crippen LogP contribution is 2.37. The second-order valence-corrected chi connectivity index (χ2v) is 9.05. The monoisotopic (exact) mass is 563 g/mol. The SMILES string of the molecule is O=C(NCC(=O)N1CCN(C(=O)c2cc(C(F)(F)F)ccc2C(F)(F)F)CC1)c1ccc(-c2ccccc2)cc1. The van der Waals surface area contributed by atoms with Gasteiger partial charge in [-0.2, -0.15) is 26.3 Å². The summed E-state index contributed by atoms with van der Waals surface area (Å²) in [6, 6.07) is 17.0. The molecule has 0 aliphatic carbocycles. The van der Waals surface area contributed by atoms with E-state index < -0.39 is 46.8 Å². The number of nitrogens with one attached hydrogen (secondary N) is 1. The molecule has 6 nitrogen and oxygen atoms in total. The molecule has 3 aromatic rings. The maximum Gasteiger partial charge on any atom is 0.417 e. The standard InChI is InChI=1S/C28H23F6N3O3/c29-27(30,31)21-10-11-23(28(32,33)34)22(16-21)26(40)37-14-12-36(13-15-37)24(38)17-35-25(39)20-8-6-19(7-9-20)18-4-2-1-3-5-18/h1-11,16H,12-15,17H2,(H,35,39). The molecule has 1 aliphatic heterocycles. The molecule has 0 spiro atoms. The molecule has 0 unspecified atom stereocenters. The molecule has 0 atom stereocenters. The average molecular weight is 563 g/mol. The van der Waals surface area contributed by atoms with E-state index in [-0.39, 0.29) is 50.9 Å². The topological polar surface area (TPSA) is 69.7 Å². The van der Waals surface area contributed by atoms with Gasteiger partial charge in [-0.3, -0.25) is 14.4 Å². The summed E-state index contributed by atoms with van der Waals surface area (Å²) in [6.07, 6.45) is -9.97. The van der Waals surface area contributed by atoms with Crippen molar-refractivity contribution in [2.24, 2.45) is 0 Å². The average Bonchev–Trinajstić information content (AvgIpc) is 2.94. The molecule has 3 amide bonds. The molecule has 1 N–H and O–H groups in total. The number of hydrogen-bond acceptors (Lipinski definition) is 3. The van der Waals surface area contributed by atoms with Crippen molar-refractivity contribution in [1.29, 1.82) is 0 Å². The van der Waals surface area contributed by atoms with Gasteiger partial charge in [-0.1, -0.05) is 42.5 Å². The van der Waals surface area contributed by atoms with E-state index >= 15 is 0 Å². The molecule has 1 aliphatic rings. The predicted molar refractivity (Wildman–Crippen MR) is 133 cm³/mol. The number of amides is 3. The van der Waals surface area contributed by atoms with Crippen molar-refractivity contribution in [3.8, 4) is 11.1 Å². The van der Waals surface area contributed by atoms with E-state index in [1.807, 2.05) is 30.3 Å². The van der Waals surface area contributed by atoms with E-state index in [2.05, 4.69) is 5.32 Å². The Balaban J connectivity index is 1.33. The number of carbonyl (C=O) groups excluding carboxylic acids is 3. The quantitative estimate of drug-likeness (QED) is 0.439. The van der Waals surface area contributed by atoms with Crippen molar-refractivity contribution in [1.82, 2.24) is 15.1 Å². The Morgan fingerprint density at radius 1 is 0.700 bits per heavy atom. The van der Waals surface area contributed by atoms with Crippen LogP contribution in [-0.2, 0) is 17.1 Å². The molecule has 0 aromatic heterocycles. The van der Waals surface area contributed by atoms with Crippen molar-refractivity contribution in [2.45, 2.75) is 12.4 Å². The van der Waals surface area contributed by atoms with Crippen LogP contribution in [0.4, 0.5) is 26.3 Å². The Morgan fingerprint density at radius 3 is 1.85 bits per heavy atom. The van der Waals surface area contributed by atoms with Crippen LogP contribution in [-0.4, -0.2) is 60.2 Å². The maximum atomic E-state index is 13.4. The minimum absolute atomic E-state index is 0.0630. The molecule has 0 radical (unpaired) electrons. The van der Waals surface area contributed by atoms with Crippen LogP contribution in [0.2, 0.25) is 0 Å². The number of alkyl halides is 6. The van der Waals surface area contributed by atoms with Crippen LogP contribution in [0, 0.1) is 0 Å². The molecule has 1 fully saturated rings. The summed E-state index contributed by atoms with van der Waals surface area (Å²) in [4.78, 5) is 40.2. The van der Waals surface area contributed by atoms with Gasteiger partial charge in [0.1, 0.15) is 0 Å². The fraction of sp³-hybridized carbons (Fsp3) is 0.250. The smallest absolute Gasteiger partial charge is 0.343 e. The molecule has 4 rings (SSSR count). The summed E-state index contributed by atoms with van der Waals surface area (Å²) in [5.41, 5.74) is -1.72. The Bertz CT molecular complexity index is 1380. The van der Waals surface area contributed by atoms with Crippen molar-refractivity contribution in [2.75, 3.05) is 32.7 Å². The van der Waals surface area contributed by atoms with Gasteiger partial charge in [0.05, 0.1) is 23.2 Å². The number of halogens is 6. The van der Waals surface area contributed by atoms with E-state index in [1.165, 1.54) is 4.90 Å². The number of carbonyl (C=O) groups is 3. The molecule has 210 valence electrons. The lowest BCUT2D eigenvalue weighted by Crippen LogP contribution is -2.52. The maximum absolute atomic E-state index is 13.4. The number of benzene rings is 3. The van der Waals surface area contributed by atoms with Crippen LogP contribution in [0.15, 0.2) is 72.8 Å². The molecule has 12 heteroatoms. The molecule has 0 saturated carbocycles. The van der Waals surface area contributed by atoms with Gasteiger partial charge >= 0.3 is 12.4 Å². The van der Waals surface area contributed by atoms with Crippen molar-refractivity contribution < 1.29 is 40.7 Å². The van der Waals surface area contributed by atoms with E-state index in [1.54, 1.807) is 24.3 Å². The van der Waals surface area contributed by atoms with Crippen LogP contribution in [0.25, 0.3) is 11.1 Å². The zero-order chi connectivity index (χ0) is 29.1. The summed E-state index contributed by atoms with van der Waals surface area (Å²) in [6.45, 7) is -0.849. The van der Waals surface area contributed by atoms with Crippen molar-refractivity contribution in [3.63, 3.8) is 0 Å². The lowest BCUT2D eigenvalue weighted by molar-refractivity contribution is -0.141. The first-order chi connectivity index (χ1) is 18.8. The molecule has 40 heavy (non-hydrogen) atoms. The van der Waals surface area contributed by atoms with Crippen LogP contribution in [0.1, 0.15) is 31.8 Å². The van der Waals surface area contributed by atoms with Gasteiger partial charge in [-0.15, -0.1) is 0 Å². The third kappa shape index (κ3) is 6.61. The van der Waals surface area contributed by atoms with Crippen LogP contribution in [0.3, 0.4) is 0 Å². The number of piperazine rings is 1. The summed E-state index contributed by atoms with van der Waals surface area (Å²) >= 11 is 0. The van der Waals surface area contributed by atoms with Crippen molar-refractivity contribution >= 4 is 17.7 Å². The first-order valence-corrected chi connectivity index (χ1v) is 12.1. The van der Waals surface area contributed by atoms with Gasteiger partial charge in [0.25, 0.3) is 11.8 Å². The lowest BCUT2D eigenvalue weighted by atomic mass is 10.0. The van der Waals surface area contributed by atoms with E-state index in [9.17, 15) is 40.7 Å². The third-order valence-electron chi connectivity index (χ3n) is 6.46. The largest absolute Gasteiger partial charge is 0.417 e. The second-order valence-electron chi connectivity index (χ2n) is 9.05. The summed E-state index contributed by atoms with van der Waals surface area (Å²) in [7, 11) is 0. The molecular weight excluding hydrogens is 540 g/mol. The minimum Gasteiger partial charge on any atom is -0.343 e. The predicted octanol–water partition coefficient (Wildman–Crippen LogP) is 5.11. The van der Waals surface area contributed by atoms with E-state index in [0.717, 1.165) is 16.0 Å². The van der Waals surface area contributed by atoms with Crippen LogP contribution in [0.5, 0.6) is 0 Å². The zero-order valence-corrected chi connectivity index (χ0v) is 20.9. The van der Waals surface area contributed by atoms with Crippen molar-refractivity contribution in [3.05, 3.63) is 95.1 Å². The summed E-state index contributed by atoms with van der Waals surface area (Å²) < 4.78 is 79.5. The number of hydrogen-bond donors (Lipinski definition) is 1. The van der Waals surface area contributed by atoms with E-state index in [4.69, 9.17) is 0 Å². The highest BCUT2D eigenvalue weighted by molar-refractivity contribution is 5.97. The molecular formula is C28H23F6N3O3. The third-order valence-corrected chi connectivity index (χ3v) is 6.46. The fourth-order valence-corrected chi connectivity index (χ4v) is 4.29. The van der Waals surface area contributed by atoms with Gasteiger partial charge < -0.3 is 15.1 Å². The van der Waals surface area contributed by atoms with Crippen LogP contribution < -0.4 is 5.32 Å². The van der Waals surface area contributed by atoms with Gasteiger partial charge in [-0.25, -0.2) is 0 Å². The number of nitrogens with zero attached hydrogens (tertiary/aromatic N) is 2. The molecule has 1 saturated heterocycles. The molecule has 0 bridgehead atoms. The van der Waals surface area contributed by atoms with Gasteiger partial charge in [0.15, 0.2) is 0 Å². The highest BCUT2D eigenvalue weighted by Gasteiger charge is 2.40. The zero-order valence-electron chi connectivity index (χ0n) is 20.9. The Kier molecular flexibility index (Phi) is 8.17. The Labute approximate surface area is 225 Å². The lowest BCUT2D eigenvalue weighted by Gasteiger charge is -2.35. The number of rotatable bonds is 5. The van der Waals surface area contributed by atoms with Gasteiger partial charge in [-0.05, 0) is 41.5 Å². The minimum atomic E-state index is -5.03. The first-order valence-electron chi connectivity index (χ1n) is 12.1. The molecule has 3 aromatic carbocycles. The normalized spacial score (nSPS) is 14.2. The van der Waals surface area contributed by atoms with Crippen LogP contribution >= 0.6 is 0 Å².